The molecule has 2 aliphatic heterocycles. The van der Waals surface area contributed by atoms with E-state index in [1.165, 1.54) is 38.8 Å². The Hall–Kier alpha value is -0.0800. The van der Waals surface area contributed by atoms with Gasteiger partial charge in [-0.1, -0.05) is 0 Å². The molecule has 0 aromatic heterocycles. The Bertz CT molecular complexity index is 118. The molecule has 2 rings (SSSR count). The third-order valence-electron chi connectivity index (χ3n) is 3.14. The van der Waals surface area contributed by atoms with Crippen LogP contribution in [0.15, 0.2) is 0 Å². The quantitative estimate of drug-likeness (QED) is 0.546. The highest BCUT2D eigenvalue weighted by Gasteiger charge is 2.34. The Labute approximate surface area is 68.7 Å². The summed E-state index contributed by atoms with van der Waals surface area (Å²) in [5.74, 6) is 0. The van der Waals surface area contributed by atoms with Crippen molar-refractivity contribution in [3.05, 3.63) is 0 Å². The van der Waals surface area contributed by atoms with Crippen molar-refractivity contribution in [2.24, 2.45) is 5.41 Å². The molecule has 0 aromatic carbocycles. The highest BCUT2D eigenvalue weighted by molar-refractivity contribution is 4.89. The lowest BCUT2D eigenvalue weighted by molar-refractivity contribution is 0.284. The first-order chi connectivity index (χ1) is 5.41. The predicted molar refractivity (Wildman–Crippen MR) is 45.6 cm³/mol. The van der Waals surface area contributed by atoms with E-state index in [1.54, 1.807) is 0 Å². The van der Waals surface area contributed by atoms with Crippen LogP contribution in [0.3, 0.4) is 0 Å². The smallest absolute Gasteiger partial charge is 0.0190 e. The van der Waals surface area contributed by atoms with Gasteiger partial charge in [0.15, 0.2) is 0 Å². The highest BCUT2D eigenvalue weighted by Crippen LogP contribution is 2.35. The summed E-state index contributed by atoms with van der Waals surface area (Å²) in [5.41, 5.74) is 0.628. The molecular formula is C9H17N2. The van der Waals surface area contributed by atoms with Gasteiger partial charge in [-0.05, 0) is 44.2 Å². The predicted octanol–water partition coefficient (Wildman–Crippen LogP) is 0.754. The second kappa shape index (κ2) is 3.11. The maximum Gasteiger partial charge on any atom is 0.0190 e. The zero-order valence-corrected chi connectivity index (χ0v) is 7.10. The molecule has 1 atom stereocenters. The van der Waals surface area contributed by atoms with Crippen LogP contribution < -0.4 is 10.6 Å². The average Bonchev–Trinajstić information content (AvgIpc) is 2.32. The van der Waals surface area contributed by atoms with Crippen LogP contribution in [-0.2, 0) is 0 Å². The van der Waals surface area contributed by atoms with E-state index in [0.717, 1.165) is 13.1 Å². The molecule has 2 heteroatoms. The third kappa shape index (κ3) is 1.57. The summed E-state index contributed by atoms with van der Waals surface area (Å²) >= 11 is 0. The molecule has 0 aromatic rings. The Kier molecular flexibility index (Phi) is 2.14. The van der Waals surface area contributed by atoms with Gasteiger partial charge in [-0.3, -0.25) is 0 Å². The van der Waals surface area contributed by atoms with E-state index < -0.39 is 0 Å². The molecule has 1 unspecified atom stereocenters. The zero-order valence-electron chi connectivity index (χ0n) is 7.10. The molecule has 0 bridgehead atoms. The fraction of sp³-hybridized carbons (Fsp3) is 1.00. The van der Waals surface area contributed by atoms with E-state index in [0.29, 0.717) is 5.41 Å². The van der Waals surface area contributed by atoms with Gasteiger partial charge in [0, 0.05) is 13.1 Å². The molecule has 0 aliphatic carbocycles. The monoisotopic (exact) mass is 153 g/mol. The van der Waals surface area contributed by atoms with Gasteiger partial charge in [0.05, 0.1) is 0 Å². The molecule has 1 radical (unpaired) electrons. The van der Waals surface area contributed by atoms with Crippen LogP contribution in [0.5, 0.6) is 0 Å². The maximum absolute atomic E-state index is 4.47. The van der Waals surface area contributed by atoms with Crippen LogP contribution in [0.25, 0.3) is 0 Å². The number of nitrogens with zero attached hydrogens (tertiary/aromatic N) is 1. The topological polar surface area (TPSA) is 26.1 Å². The highest BCUT2D eigenvalue weighted by atomic mass is 14.9. The minimum atomic E-state index is 0.628. The second-order valence-corrected chi connectivity index (χ2v) is 3.96. The zero-order chi connectivity index (χ0) is 7.57. The Balaban J connectivity index is 1.97. The first-order valence-corrected chi connectivity index (χ1v) is 4.75. The van der Waals surface area contributed by atoms with Gasteiger partial charge >= 0.3 is 0 Å². The molecule has 0 amide bonds. The van der Waals surface area contributed by atoms with E-state index in [1.807, 2.05) is 0 Å². The maximum atomic E-state index is 4.47. The van der Waals surface area contributed by atoms with Gasteiger partial charge in [0.1, 0.15) is 0 Å². The van der Waals surface area contributed by atoms with Crippen LogP contribution in [-0.4, -0.2) is 26.2 Å². The molecule has 2 aliphatic rings. The summed E-state index contributed by atoms with van der Waals surface area (Å²) in [5, 5.41) is 7.93. The Morgan fingerprint density at radius 1 is 1.09 bits per heavy atom. The van der Waals surface area contributed by atoms with Gasteiger partial charge in [-0.25, -0.2) is 5.32 Å². The van der Waals surface area contributed by atoms with Gasteiger partial charge in [-0.2, -0.15) is 0 Å². The van der Waals surface area contributed by atoms with E-state index in [2.05, 4.69) is 10.6 Å². The number of rotatable bonds is 0. The van der Waals surface area contributed by atoms with Crippen LogP contribution >= 0.6 is 0 Å². The Morgan fingerprint density at radius 3 is 2.91 bits per heavy atom. The lowest BCUT2D eigenvalue weighted by Crippen LogP contribution is -2.23. The van der Waals surface area contributed by atoms with Gasteiger partial charge in [0.25, 0.3) is 0 Å². The standard InChI is InChI=1S/C9H17N2/c1-2-9(3-6-10-5-1)4-7-11-8-9/h10H,1-8H2. The van der Waals surface area contributed by atoms with E-state index in [9.17, 15) is 0 Å². The van der Waals surface area contributed by atoms with Crippen molar-refractivity contribution >= 4 is 0 Å². The average molecular weight is 153 g/mol. The van der Waals surface area contributed by atoms with Crippen molar-refractivity contribution in [1.82, 2.24) is 10.6 Å². The van der Waals surface area contributed by atoms with Crippen molar-refractivity contribution in [2.75, 3.05) is 26.2 Å². The molecule has 2 saturated heterocycles. The summed E-state index contributed by atoms with van der Waals surface area (Å²) in [7, 11) is 0. The minimum Gasteiger partial charge on any atom is -0.317 e. The third-order valence-corrected chi connectivity index (χ3v) is 3.14. The summed E-state index contributed by atoms with van der Waals surface area (Å²) < 4.78 is 0. The molecule has 2 fully saturated rings. The second-order valence-electron chi connectivity index (χ2n) is 3.96. The first-order valence-electron chi connectivity index (χ1n) is 4.75. The van der Waals surface area contributed by atoms with Crippen molar-refractivity contribution in [3.8, 4) is 0 Å². The summed E-state index contributed by atoms with van der Waals surface area (Å²) in [4.78, 5) is 0. The van der Waals surface area contributed by atoms with Crippen molar-refractivity contribution in [3.63, 3.8) is 0 Å². The van der Waals surface area contributed by atoms with Crippen LogP contribution in [0.4, 0.5) is 0 Å². The SMILES string of the molecule is C1CNCCC2(C1)CC[N]C2. The van der Waals surface area contributed by atoms with E-state index in [4.69, 9.17) is 0 Å². The summed E-state index contributed by atoms with van der Waals surface area (Å²) in [6.45, 7) is 4.71. The first kappa shape index (κ1) is 7.56. The van der Waals surface area contributed by atoms with Crippen LogP contribution in [0, 0.1) is 5.41 Å². The number of hydrogen-bond acceptors (Lipinski definition) is 1. The van der Waals surface area contributed by atoms with E-state index >= 15 is 0 Å². The minimum absolute atomic E-state index is 0.628. The molecule has 2 heterocycles. The van der Waals surface area contributed by atoms with Crippen molar-refractivity contribution in [2.45, 2.75) is 25.7 Å². The molecule has 11 heavy (non-hydrogen) atoms. The molecule has 2 nitrogen and oxygen atoms in total. The van der Waals surface area contributed by atoms with Crippen molar-refractivity contribution in [1.29, 1.82) is 0 Å². The van der Waals surface area contributed by atoms with Crippen LogP contribution in [0.1, 0.15) is 25.7 Å². The lowest BCUT2D eigenvalue weighted by atomic mass is 9.80. The number of nitrogens with one attached hydrogen (secondary N) is 1. The Morgan fingerprint density at radius 2 is 2.09 bits per heavy atom. The normalized spacial score (nSPS) is 39.3. The molecule has 63 valence electrons. The summed E-state index contributed by atoms with van der Waals surface area (Å²) in [6, 6.07) is 0. The molecular weight excluding hydrogens is 136 g/mol. The van der Waals surface area contributed by atoms with Crippen LogP contribution in [0.2, 0.25) is 0 Å². The number of hydrogen-bond donors (Lipinski definition) is 1. The van der Waals surface area contributed by atoms with Gasteiger partial charge < -0.3 is 5.32 Å². The van der Waals surface area contributed by atoms with E-state index in [-0.39, 0.29) is 0 Å². The fourth-order valence-electron chi connectivity index (χ4n) is 2.31. The largest absolute Gasteiger partial charge is 0.317 e. The fourth-order valence-corrected chi connectivity index (χ4v) is 2.31. The van der Waals surface area contributed by atoms with Gasteiger partial charge in [-0.15, -0.1) is 0 Å². The molecule has 1 N–H and O–H groups in total. The molecule has 0 saturated carbocycles. The molecule has 1 spiro atoms. The lowest BCUT2D eigenvalue weighted by Gasteiger charge is -2.24. The van der Waals surface area contributed by atoms with Gasteiger partial charge in [0.2, 0.25) is 0 Å². The van der Waals surface area contributed by atoms with Crippen molar-refractivity contribution < 1.29 is 0 Å². The summed E-state index contributed by atoms with van der Waals surface area (Å²) in [6.07, 6.45) is 5.48.